The van der Waals surface area contributed by atoms with Crippen LogP contribution in [0.1, 0.15) is 59.8 Å². The first-order valence-corrected chi connectivity index (χ1v) is 8.62. The third-order valence-corrected chi connectivity index (χ3v) is 5.08. The van der Waals surface area contributed by atoms with Crippen molar-refractivity contribution in [3.8, 4) is 0 Å². The SMILES string of the molecule is CC1(C)CCN(C(=O)C2CC2)CC1.CN1CC(C)(C)CC1=O. The van der Waals surface area contributed by atoms with E-state index in [4.69, 9.17) is 0 Å². The molecule has 0 atom stereocenters. The number of nitrogens with zero attached hydrogens (tertiary/aromatic N) is 2. The van der Waals surface area contributed by atoms with Crippen molar-refractivity contribution in [1.82, 2.24) is 9.80 Å². The molecule has 0 unspecified atom stereocenters. The molecule has 0 radical (unpaired) electrons. The molecule has 0 aromatic rings. The molecule has 2 amide bonds. The molecule has 3 aliphatic rings. The van der Waals surface area contributed by atoms with Gasteiger partial charge in [-0.3, -0.25) is 9.59 Å². The van der Waals surface area contributed by atoms with Crippen LogP contribution in [-0.2, 0) is 9.59 Å². The summed E-state index contributed by atoms with van der Waals surface area (Å²) < 4.78 is 0. The van der Waals surface area contributed by atoms with E-state index in [0.717, 1.165) is 32.5 Å². The van der Waals surface area contributed by atoms with Crippen LogP contribution in [0.15, 0.2) is 0 Å². The Morgan fingerprint density at radius 2 is 1.59 bits per heavy atom. The summed E-state index contributed by atoms with van der Waals surface area (Å²) in [6.45, 7) is 11.7. The van der Waals surface area contributed by atoms with Gasteiger partial charge in [-0.2, -0.15) is 0 Å². The van der Waals surface area contributed by atoms with Crippen molar-refractivity contribution in [3.05, 3.63) is 0 Å². The molecule has 4 nitrogen and oxygen atoms in total. The van der Waals surface area contributed by atoms with Crippen LogP contribution in [0.5, 0.6) is 0 Å². The number of amides is 2. The van der Waals surface area contributed by atoms with Crippen molar-refractivity contribution in [1.29, 1.82) is 0 Å². The van der Waals surface area contributed by atoms with Crippen molar-refractivity contribution in [3.63, 3.8) is 0 Å². The minimum absolute atomic E-state index is 0.214. The predicted octanol–water partition coefficient (Wildman–Crippen LogP) is 2.92. The van der Waals surface area contributed by atoms with E-state index in [1.54, 1.807) is 4.90 Å². The summed E-state index contributed by atoms with van der Waals surface area (Å²) >= 11 is 0. The summed E-state index contributed by atoms with van der Waals surface area (Å²) in [6.07, 6.45) is 5.33. The average molecular weight is 308 g/mol. The molecule has 1 aliphatic carbocycles. The lowest BCUT2D eigenvalue weighted by molar-refractivity contribution is -0.134. The van der Waals surface area contributed by atoms with E-state index in [2.05, 4.69) is 32.6 Å². The molecule has 126 valence electrons. The van der Waals surface area contributed by atoms with Gasteiger partial charge >= 0.3 is 0 Å². The van der Waals surface area contributed by atoms with Gasteiger partial charge in [0.2, 0.25) is 11.8 Å². The van der Waals surface area contributed by atoms with Crippen LogP contribution < -0.4 is 0 Å². The third-order valence-electron chi connectivity index (χ3n) is 5.08. The first kappa shape index (κ1) is 17.3. The molecule has 0 aromatic heterocycles. The number of likely N-dealkylation sites (tertiary alicyclic amines) is 2. The second-order valence-electron chi connectivity index (χ2n) is 8.85. The van der Waals surface area contributed by atoms with Gasteiger partial charge in [-0.15, -0.1) is 0 Å². The van der Waals surface area contributed by atoms with Gasteiger partial charge in [-0.05, 0) is 36.5 Å². The normalized spacial score (nSPS) is 26.5. The molecule has 0 N–H and O–H groups in total. The van der Waals surface area contributed by atoms with Crippen molar-refractivity contribution < 1.29 is 9.59 Å². The molecule has 3 rings (SSSR count). The Morgan fingerprint density at radius 1 is 1.05 bits per heavy atom. The standard InChI is InChI=1S/C11H19NO.C7H13NO/c1-11(2)5-7-12(8-6-11)10(13)9-3-4-9;1-7(2)4-6(9)8(3)5-7/h9H,3-8H2,1-2H3;4-5H2,1-3H3. The first-order chi connectivity index (χ1) is 10.1. The monoisotopic (exact) mass is 308 g/mol. The van der Waals surface area contributed by atoms with E-state index >= 15 is 0 Å². The minimum Gasteiger partial charge on any atom is -0.345 e. The molecule has 0 bridgehead atoms. The van der Waals surface area contributed by atoms with Gasteiger partial charge in [0.05, 0.1) is 0 Å². The third kappa shape index (κ3) is 4.72. The molecule has 2 saturated heterocycles. The van der Waals surface area contributed by atoms with Crippen LogP contribution in [0.25, 0.3) is 0 Å². The Bertz CT molecular complexity index is 428. The summed E-state index contributed by atoms with van der Waals surface area (Å²) in [4.78, 5) is 26.5. The highest BCUT2D eigenvalue weighted by Gasteiger charge is 2.36. The van der Waals surface area contributed by atoms with Crippen molar-refractivity contribution in [2.75, 3.05) is 26.7 Å². The Balaban J connectivity index is 0.000000172. The molecular formula is C18H32N2O2. The number of rotatable bonds is 1. The van der Waals surface area contributed by atoms with Gasteiger partial charge in [0.15, 0.2) is 0 Å². The zero-order chi connectivity index (χ0) is 16.5. The molecule has 22 heavy (non-hydrogen) atoms. The van der Waals surface area contributed by atoms with Gasteiger partial charge in [0.1, 0.15) is 0 Å². The van der Waals surface area contributed by atoms with Crippen LogP contribution in [-0.4, -0.2) is 48.3 Å². The van der Waals surface area contributed by atoms with Crippen molar-refractivity contribution in [2.24, 2.45) is 16.7 Å². The van der Waals surface area contributed by atoms with Crippen molar-refractivity contribution >= 4 is 11.8 Å². The van der Waals surface area contributed by atoms with E-state index in [-0.39, 0.29) is 11.3 Å². The van der Waals surface area contributed by atoms with Gasteiger partial charge < -0.3 is 9.80 Å². The van der Waals surface area contributed by atoms with Crippen molar-refractivity contribution in [2.45, 2.75) is 59.8 Å². The molecule has 3 fully saturated rings. The van der Waals surface area contributed by atoms with Crippen LogP contribution in [0.3, 0.4) is 0 Å². The molecule has 2 heterocycles. The number of hydrogen-bond acceptors (Lipinski definition) is 2. The van der Waals surface area contributed by atoms with Crippen LogP contribution >= 0.6 is 0 Å². The number of carbonyl (C=O) groups excluding carboxylic acids is 2. The first-order valence-electron chi connectivity index (χ1n) is 8.62. The lowest BCUT2D eigenvalue weighted by atomic mass is 9.82. The fourth-order valence-corrected chi connectivity index (χ4v) is 3.25. The van der Waals surface area contributed by atoms with Crippen LogP contribution in [0, 0.1) is 16.7 Å². The summed E-state index contributed by atoms with van der Waals surface area (Å²) in [5.41, 5.74) is 0.673. The molecule has 1 saturated carbocycles. The predicted molar refractivity (Wildman–Crippen MR) is 88.4 cm³/mol. The fraction of sp³-hybridized carbons (Fsp3) is 0.889. The lowest BCUT2D eigenvalue weighted by Crippen LogP contribution is -2.41. The fourth-order valence-electron chi connectivity index (χ4n) is 3.25. The van der Waals surface area contributed by atoms with Gasteiger partial charge in [0, 0.05) is 39.0 Å². The maximum atomic E-state index is 11.7. The lowest BCUT2D eigenvalue weighted by Gasteiger charge is -2.37. The molecule has 4 heteroatoms. The average Bonchev–Trinajstić information content (AvgIpc) is 3.18. The summed E-state index contributed by atoms with van der Waals surface area (Å²) in [6, 6.07) is 0. The highest BCUT2D eigenvalue weighted by molar-refractivity contribution is 5.81. The molecule has 2 aliphatic heterocycles. The van der Waals surface area contributed by atoms with Gasteiger partial charge in [-0.1, -0.05) is 27.7 Å². The van der Waals surface area contributed by atoms with E-state index in [1.807, 2.05) is 7.05 Å². The zero-order valence-corrected chi connectivity index (χ0v) is 14.9. The number of piperidine rings is 1. The smallest absolute Gasteiger partial charge is 0.225 e. The van der Waals surface area contributed by atoms with E-state index < -0.39 is 0 Å². The van der Waals surface area contributed by atoms with E-state index in [0.29, 0.717) is 23.7 Å². The Hall–Kier alpha value is -1.06. The summed E-state index contributed by atoms with van der Waals surface area (Å²) in [5.74, 6) is 1.11. The minimum atomic E-state index is 0.214. The summed E-state index contributed by atoms with van der Waals surface area (Å²) in [7, 11) is 1.86. The molecule has 0 spiro atoms. The molecular weight excluding hydrogens is 276 g/mol. The highest BCUT2D eigenvalue weighted by Crippen LogP contribution is 2.35. The van der Waals surface area contributed by atoms with Gasteiger partial charge in [-0.25, -0.2) is 0 Å². The quantitative estimate of drug-likeness (QED) is 0.747. The Kier molecular flexibility index (Phi) is 4.88. The second-order valence-corrected chi connectivity index (χ2v) is 8.85. The van der Waals surface area contributed by atoms with E-state index in [1.165, 1.54) is 12.8 Å². The van der Waals surface area contributed by atoms with Gasteiger partial charge in [0.25, 0.3) is 0 Å². The number of hydrogen-bond donors (Lipinski definition) is 0. The maximum absolute atomic E-state index is 11.7. The van der Waals surface area contributed by atoms with E-state index in [9.17, 15) is 9.59 Å². The topological polar surface area (TPSA) is 40.6 Å². The molecule has 0 aromatic carbocycles. The largest absolute Gasteiger partial charge is 0.345 e. The van der Waals surface area contributed by atoms with Crippen LogP contribution in [0.4, 0.5) is 0 Å². The Morgan fingerprint density at radius 3 is 1.91 bits per heavy atom. The summed E-state index contributed by atoms with van der Waals surface area (Å²) in [5, 5.41) is 0. The highest BCUT2D eigenvalue weighted by atomic mass is 16.2. The maximum Gasteiger partial charge on any atom is 0.225 e. The number of carbonyl (C=O) groups is 2. The second kappa shape index (κ2) is 6.21. The Labute approximate surface area is 135 Å². The van der Waals surface area contributed by atoms with Crippen LogP contribution in [0.2, 0.25) is 0 Å². The zero-order valence-electron chi connectivity index (χ0n) is 14.9.